The molecule has 3 aromatic rings. The molecular formula is C27H29ClFN3O3S. The first-order valence-corrected chi connectivity index (χ1v) is 13.1. The number of nitrogens with zero attached hydrogens (tertiary/aromatic N) is 2. The third-order valence-electron chi connectivity index (χ3n) is 5.94. The lowest BCUT2D eigenvalue weighted by Gasteiger charge is -2.29. The molecule has 1 aliphatic rings. The summed E-state index contributed by atoms with van der Waals surface area (Å²) in [6.45, 7) is 3.72. The molecule has 1 atom stereocenters. The number of ether oxygens (including phenoxy) is 1. The number of amides is 3. The molecule has 0 bridgehead atoms. The lowest BCUT2D eigenvalue weighted by molar-refractivity contribution is -0.133. The Hall–Kier alpha value is -2.94. The molecule has 1 fully saturated rings. The van der Waals surface area contributed by atoms with Crippen LogP contribution in [0.5, 0.6) is 0 Å². The lowest BCUT2D eigenvalue weighted by atomic mass is 10.2. The third-order valence-corrected chi connectivity index (χ3v) is 7.22. The summed E-state index contributed by atoms with van der Waals surface area (Å²) in [6, 6.07) is 17.4. The van der Waals surface area contributed by atoms with Crippen LogP contribution in [0.15, 0.2) is 60.7 Å². The van der Waals surface area contributed by atoms with Crippen molar-refractivity contribution in [2.45, 2.75) is 39.0 Å². The molecule has 3 amide bonds. The maximum atomic E-state index is 13.6. The Morgan fingerprint density at radius 2 is 1.92 bits per heavy atom. The summed E-state index contributed by atoms with van der Waals surface area (Å²) in [5.74, 6) is -0.739. The van der Waals surface area contributed by atoms with Gasteiger partial charge in [0.2, 0.25) is 5.91 Å². The average Bonchev–Trinajstić information content (AvgIpc) is 3.52. The Labute approximate surface area is 219 Å². The molecule has 1 aliphatic heterocycles. The molecule has 0 aliphatic carbocycles. The predicted molar refractivity (Wildman–Crippen MR) is 141 cm³/mol. The fourth-order valence-electron chi connectivity index (χ4n) is 4.09. The van der Waals surface area contributed by atoms with Crippen molar-refractivity contribution < 1.29 is 18.7 Å². The highest BCUT2D eigenvalue weighted by Crippen LogP contribution is 2.22. The molecule has 2 heterocycles. The van der Waals surface area contributed by atoms with Crippen molar-refractivity contribution in [2.75, 3.05) is 25.0 Å². The molecule has 1 saturated heterocycles. The minimum Gasteiger partial charge on any atom is -0.376 e. The van der Waals surface area contributed by atoms with Gasteiger partial charge in [0.1, 0.15) is 12.4 Å². The maximum Gasteiger partial charge on any atom is 0.322 e. The summed E-state index contributed by atoms with van der Waals surface area (Å²) in [4.78, 5) is 32.3. The fourth-order valence-corrected chi connectivity index (χ4v) is 5.17. The van der Waals surface area contributed by atoms with Gasteiger partial charge in [-0.2, -0.15) is 0 Å². The summed E-state index contributed by atoms with van der Waals surface area (Å²) in [5, 5.41) is 2.65. The highest BCUT2D eigenvalue weighted by Gasteiger charge is 2.27. The number of hydrogen-bond acceptors (Lipinski definition) is 4. The molecule has 36 heavy (non-hydrogen) atoms. The number of benzene rings is 2. The zero-order chi connectivity index (χ0) is 25.5. The van der Waals surface area contributed by atoms with Gasteiger partial charge in [-0.1, -0.05) is 41.9 Å². The van der Waals surface area contributed by atoms with E-state index in [0.717, 1.165) is 23.3 Å². The predicted octanol–water partition coefficient (Wildman–Crippen LogP) is 6.09. The Balaban J connectivity index is 1.51. The van der Waals surface area contributed by atoms with Crippen LogP contribution in [0.1, 0.15) is 28.2 Å². The quantitative estimate of drug-likeness (QED) is 0.365. The number of hydrogen-bond donors (Lipinski definition) is 1. The van der Waals surface area contributed by atoms with Gasteiger partial charge in [0.25, 0.3) is 0 Å². The molecule has 0 radical (unpaired) electrons. The molecule has 6 nitrogen and oxygen atoms in total. The van der Waals surface area contributed by atoms with Gasteiger partial charge in [-0.3, -0.25) is 4.79 Å². The lowest BCUT2D eigenvalue weighted by Crippen LogP contribution is -2.46. The summed E-state index contributed by atoms with van der Waals surface area (Å²) in [7, 11) is 0. The Morgan fingerprint density at radius 1 is 1.11 bits per heavy atom. The Bertz CT molecular complexity index is 1180. The minimum absolute atomic E-state index is 0.0881. The summed E-state index contributed by atoms with van der Waals surface area (Å²) in [6.07, 6.45) is 1.60. The van der Waals surface area contributed by atoms with Crippen molar-refractivity contribution in [3.05, 3.63) is 86.8 Å². The number of urea groups is 1. The molecule has 190 valence electrons. The molecule has 0 saturated carbocycles. The van der Waals surface area contributed by atoms with Crippen LogP contribution < -0.4 is 5.32 Å². The second-order valence-corrected chi connectivity index (χ2v) is 10.6. The van der Waals surface area contributed by atoms with E-state index >= 15 is 0 Å². The molecule has 2 aromatic carbocycles. The van der Waals surface area contributed by atoms with Gasteiger partial charge in [-0.25, -0.2) is 9.18 Å². The first-order valence-electron chi connectivity index (χ1n) is 11.9. The van der Waals surface area contributed by atoms with Gasteiger partial charge in [0.05, 0.1) is 17.7 Å². The van der Waals surface area contributed by atoms with Gasteiger partial charge in [-0.05, 0) is 55.7 Å². The van der Waals surface area contributed by atoms with Gasteiger partial charge in [0.15, 0.2) is 0 Å². The third kappa shape index (κ3) is 7.29. The van der Waals surface area contributed by atoms with E-state index in [4.69, 9.17) is 16.3 Å². The van der Waals surface area contributed by atoms with Gasteiger partial charge in [0, 0.05) is 35.1 Å². The van der Waals surface area contributed by atoms with Crippen molar-refractivity contribution in [1.29, 1.82) is 0 Å². The number of anilines is 1. The summed E-state index contributed by atoms with van der Waals surface area (Å²) < 4.78 is 19.3. The molecule has 9 heteroatoms. The van der Waals surface area contributed by atoms with Crippen LogP contribution in [-0.4, -0.2) is 47.5 Å². The van der Waals surface area contributed by atoms with Crippen LogP contribution in [0.4, 0.5) is 14.9 Å². The van der Waals surface area contributed by atoms with Crippen molar-refractivity contribution in [3.8, 4) is 0 Å². The Morgan fingerprint density at radius 3 is 2.58 bits per heavy atom. The molecule has 1 N–H and O–H groups in total. The zero-order valence-electron chi connectivity index (χ0n) is 20.1. The van der Waals surface area contributed by atoms with Crippen LogP contribution in [0.25, 0.3) is 0 Å². The van der Waals surface area contributed by atoms with Gasteiger partial charge >= 0.3 is 6.03 Å². The van der Waals surface area contributed by atoms with E-state index < -0.39 is 11.8 Å². The average molecular weight is 530 g/mol. The maximum absolute atomic E-state index is 13.6. The topological polar surface area (TPSA) is 61.9 Å². The van der Waals surface area contributed by atoms with Crippen LogP contribution in [0, 0.1) is 12.7 Å². The fraction of sp³-hybridized carbons (Fsp3) is 0.333. The number of thiophene rings is 1. The van der Waals surface area contributed by atoms with Crippen molar-refractivity contribution in [3.63, 3.8) is 0 Å². The molecule has 1 aromatic heterocycles. The minimum atomic E-state index is -0.568. The SMILES string of the molecule is Cc1ccc(CN(Cc2ccccc2)C(=O)CN(CC2CCCO2)C(=O)Nc2ccc(F)c(Cl)c2)s1. The number of nitrogens with one attached hydrogen (secondary N) is 1. The Kier molecular flexibility index (Phi) is 8.96. The normalized spacial score (nSPS) is 15.0. The van der Waals surface area contributed by atoms with Crippen molar-refractivity contribution in [1.82, 2.24) is 9.80 Å². The number of rotatable bonds is 9. The second kappa shape index (κ2) is 12.3. The second-order valence-electron chi connectivity index (χ2n) is 8.82. The van der Waals surface area contributed by atoms with Crippen molar-refractivity contribution in [2.24, 2.45) is 0 Å². The molecule has 1 unspecified atom stereocenters. The summed E-state index contributed by atoms with van der Waals surface area (Å²) >= 11 is 7.53. The zero-order valence-corrected chi connectivity index (χ0v) is 21.7. The number of carbonyl (C=O) groups excluding carboxylic acids is 2. The number of carbonyl (C=O) groups is 2. The number of aryl methyl sites for hydroxylation is 1. The first kappa shape index (κ1) is 26.1. The van der Waals surface area contributed by atoms with E-state index in [-0.39, 0.29) is 30.1 Å². The highest BCUT2D eigenvalue weighted by atomic mass is 35.5. The van der Waals surface area contributed by atoms with E-state index in [2.05, 4.69) is 5.32 Å². The van der Waals surface area contributed by atoms with E-state index in [1.807, 2.05) is 49.4 Å². The van der Waals surface area contributed by atoms with Crippen LogP contribution >= 0.6 is 22.9 Å². The van der Waals surface area contributed by atoms with Crippen LogP contribution in [0.2, 0.25) is 5.02 Å². The van der Waals surface area contributed by atoms with Gasteiger partial charge in [-0.15, -0.1) is 11.3 Å². The number of halogens is 2. The van der Waals surface area contributed by atoms with E-state index in [1.165, 1.54) is 28.0 Å². The molecule has 4 rings (SSSR count). The van der Waals surface area contributed by atoms with Gasteiger partial charge < -0.3 is 19.9 Å². The first-order chi connectivity index (χ1) is 17.4. The van der Waals surface area contributed by atoms with Crippen LogP contribution in [-0.2, 0) is 22.6 Å². The van der Waals surface area contributed by atoms with Crippen molar-refractivity contribution >= 4 is 40.6 Å². The standard InChI is InChI=1S/C27H29ClFN3O3S/c1-19-9-11-23(36-19)17-31(15-20-6-3-2-4-7-20)26(33)18-32(16-22-8-5-13-35-22)27(34)30-21-10-12-25(29)24(28)14-21/h2-4,6-7,9-12,14,22H,5,8,13,15-18H2,1H3,(H,30,34). The summed E-state index contributed by atoms with van der Waals surface area (Å²) in [5.41, 5.74) is 1.36. The van der Waals surface area contributed by atoms with E-state index in [0.29, 0.717) is 25.4 Å². The van der Waals surface area contributed by atoms with Crippen LogP contribution in [0.3, 0.4) is 0 Å². The monoisotopic (exact) mass is 529 g/mol. The van der Waals surface area contributed by atoms with E-state index in [9.17, 15) is 14.0 Å². The molecule has 0 spiro atoms. The largest absolute Gasteiger partial charge is 0.376 e. The molecular weight excluding hydrogens is 501 g/mol. The smallest absolute Gasteiger partial charge is 0.322 e. The van der Waals surface area contributed by atoms with E-state index in [1.54, 1.807) is 16.2 Å². The highest BCUT2D eigenvalue weighted by molar-refractivity contribution is 7.11.